The van der Waals surface area contributed by atoms with E-state index in [1.165, 1.54) is 4.31 Å². The summed E-state index contributed by atoms with van der Waals surface area (Å²) in [5.74, 6) is -0.0273. The van der Waals surface area contributed by atoms with E-state index >= 15 is 0 Å². The molecule has 23 heavy (non-hydrogen) atoms. The van der Waals surface area contributed by atoms with E-state index < -0.39 is 15.6 Å². The van der Waals surface area contributed by atoms with Crippen LogP contribution in [0.25, 0.3) is 0 Å². The molecule has 0 radical (unpaired) electrons. The first-order chi connectivity index (χ1) is 10.8. The number of morpholine rings is 1. The van der Waals surface area contributed by atoms with E-state index in [-0.39, 0.29) is 12.5 Å². The third-order valence-corrected chi connectivity index (χ3v) is 6.98. The van der Waals surface area contributed by atoms with Crippen LogP contribution in [0.15, 0.2) is 33.6 Å². The molecule has 126 valence electrons. The first-order valence-corrected chi connectivity index (χ1v) is 9.69. The van der Waals surface area contributed by atoms with Crippen molar-refractivity contribution in [1.82, 2.24) is 9.21 Å². The molecule has 2 heterocycles. The lowest BCUT2D eigenvalue weighted by molar-refractivity contribution is -0.167. The van der Waals surface area contributed by atoms with Crippen molar-refractivity contribution in [2.75, 3.05) is 33.3 Å². The van der Waals surface area contributed by atoms with Crippen LogP contribution in [0.5, 0.6) is 0 Å². The van der Waals surface area contributed by atoms with Gasteiger partial charge in [-0.3, -0.25) is 4.79 Å². The number of amides is 1. The highest BCUT2D eigenvalue weighted by molar-refractivity contribution is 9.10. The van der Waals surface area contributed by atoms with Gasteiger partial charge in [0, 0.05) is 31.2 Å². The maximum absolute atomic E-state index is 12.7. The molecule has 0 N–H and O–H groups in total. The lowest BCUT2D eigenvalue weighted by atomic mass is 9.90. The molecular weight excluding hydrogens is 384 g/mol. The topological polar surface area (TPSA) is 66.9 Å². The quantitative estimate of drug-likeness (QED) is 0.750. The number of carbonyl (C=O) groups is 1. The van der Waals surface area contributed by atoms with E-state index in [1.54, 1.807) is 36.2 Å². The smallest absolute Gasteiger partial charge is 0.248 e. The number of benzene rings is 1. The fraction of sp³-hybridized carbons (Fsp3) is 0.533. The zero-order valence-corrected chi connectivity index (χ0v) is 15.3. The maximum Gasteiger partial charge on any atom is 0.248 e. The van der Waals surface area contributed by atoms with Gasteiger partial charge in [0.05, 0.1) is 10.5 Å². The van der Waals surface area contributed by atoms with Crippen LogP contribution >= 0.6 is 15.9 Å². The highest BCUT2D eigenvalue weighted by Crippen LogP contribution is 2.32. The van der Waals surface area contributed by atoms with Crippen LogP contribution in [0.3, 0.4) is 0 Å². The van der Waals surface area contributed by atoms with Crippen molar-refractivity contribution in [2.24, 2.45) is 0 Å². The number of piperidine rings is 1. The summed E-state index contributed by atoms with van der Waals surface area (Å²) in [5.41, 5.74) is -0.408. The van der Waals surface area contributed by atoms with Crippen LogP contribution < -0.4 is 0 Å². The van der Waals surface area contributed by atoms with Crippen LogP contribution in [0.1, 0.15) is 12.8 Å². The second kappa shape index (κ2) is 6.16. The SMILES string of the molecule is CN1CC2(CCN(S(=O)(=O)c3ccc(Br)cc3)CC2)OCC1=O. The van der Waals surface area contributed by atoms with Gasteiger partial charge in [0.25, 0.3) is 0 Å². The number of hydrogen-bond donors (Lipinski definition) is 0. The lowest BCUT2D eigenvalue weighted by Gasteiger charge is -2.45. The minimum atomic E-state index is -3.48. The second-order valence-corrected chi connectivity index (χ2v) is 8.93. The summed E-state index contributed by atoms with van der Waals surface area (Å²) in [6.07, 6.45) is 1.20. The third-order valence-electron chi connectivity index (χ3n) is 4.54. The predicted octanol–water partition coefficient (Wildman–Crippen LogP) is 1.46. The number of hydrogen-bond acceptors (Lipinski definition) is 4. The number of sulfonamides is 1. The van der Waals surface area contributed by atoms with E-state index in [9.17, 15) is 13.2 Å². The van der Waals surface area contributed by atoms with Gasteiger partial charge < -0.3 is 9.64 Å². The summed E-state index contributed by atoms with van der Waals surface area (Å²) in [6.45, 7) is 1.41. The Bertz CT molecular complexity index is 697. The monoisotopic (exact) mass is 402 g/mol. The van der Waals surface area contributed by atoms with E-state index in [1.807, 2.05) is 0 Å². The minimum absolute atomic E-state index is 0.0273. The second-order valence-electron chi connectivity index (χ2n) is 6.08. The molecule has 0 aromatic heterocycles. The fourth-order valence-corrected chi connectivity index (χ4v) is 4.79. The Kier molecular flexibility index (Phi) is 4.52. The van der Waals surface area contributed by atoms with Gasteiger partial charge in [-0.1, -0.05) is 15.9 Å². The minimum Gasteiger partial charge on any atom is -0.363 e. The van der Waals surface area contributed by atoms with Crippen molar-refractivity contribution in [2.45, 2.75) is 23.3 Å². The molecule has 1 spiro atoms. The van der Waals surface area contributed by atoms with E-state index in [0.717, 1.165) is 4.47 Å². The first-order valence-electron chi connectivity index (χ1n) is 7.46. The van der Waals surface area contributed by atoms with Gasteiger partial charge in [0.1, 0.15) is 6.61 Å². The summed E-state index contributed by atoms with van der Waals surface area (Å²) in [4.78, 5) is 13.5. The Hall–Kier alpha value is -0.960. The molecule has 1 aromatic carbocycles. The summed E-state index contributed by atoms with van der Waals surface area (Å²) >= 11 is 3.31. The molecule has 0 saturated carbocycles. The predicted molar refractivity (Wildman–Crippen MR) is 88.5 cm³/mol. The molecule has 3 rings (SSSR count). The molecule has 2 aliphatic heterocycles. The van der Waals surface area contributed by atoms with Crippen molar-refractivity contribution in [1.29, 1.82) is 0 Å². The van der Waals surface area contributed by atoms with Gasteiger partial charge in [-0.2, -0.15) is 4.31 Å². The van der Waals surface area contributed by atoms with Crippen LogP contribution in [0.4, 0.5) is 0 Å². The van der Waals surface area contributed by atoms with Crippen molar-refractivity contribution in [3.63, 3.8) is 0 Å². The van der Waals surface area contributed by atoms with Crippen molar-refractivity contribution in [3.05, 3.63) is 28.7 Å². The Morgan fingerprint density at radius 2 is 1.78 bits per heavy atom. The van der Waals surface area contributed by atoms with E-state index in [0.29, 0.717) is 37.4 Å². The largest absolute Gasteiger partial charge is 0.363 e. The van der Waals surface area contributed by atoms with Crippen LogP contribution in [0, 0.1) is 0 Å². The molecule has 2 aliphatic rings. The summed E-state index contributed by atoms with van der Waals surface area (Å²) < 4.78 is 33.5. The van der Waals surface area contributed by atoms with E-state index in [4.69, 9.17) is 4.74 Å². The van der Waals surface area contributed by atoms with Gasteiger partial charge in [-0.05, 0) is 37.1 Å². The number of halogens is 1. The van der Waals surface area contributed by atoms with Gasteiger partial charge >= 0.3 is 0 Å². The van der Waals surface area contributed by atoms with Crippen LogP contribution in [-0.2, 0) is 19.6 Å². The van der Waals surface area contributed by atoms with Gasteiger partial charge in [0.2, 0.25) is 15.9 Å². The standard InChI is InChI=1S/C15H19BrN2O4S/c1-17-11-15(22-10-14(17)19)6-8-18(9-7-15)23(20,21)13-4-2-12(16)3-5-13/h2-5H,6-11H2,1H3. The average molecular weight is 403 g/mol. The highest BCUT2D eigenvalue weighted by atomic mass is 79.9. The molecule has 1 aromatic rings. The molecule has 0 bridgehead atoms. The van der Waals surface area contributed by atoms with Crippen molar-refractivity contribution >= 4 is 31.9 Å². The summed E-state index contributed by atoms with van der Waals surface area (Å²) in [6, 6.07) is 6.66. The molecule has 2 saturated heterocycles. The molecule has 8 heteroatoms. The third kappa shape index (κ3) is 3.31. The lowest BCUT2D eigenvalue weighted by Crippen LogP contribution is -2.58. The number of likely N-dealkylation sites (N-methyl/N-ethyl adjacent to an activating group) is 1. The molecule has 2 fully saturated rings. The Morgan fingerprint density at radius 1 is 1.17 bits per heavy atom. The van der Waals surface area contributed by atoms with Crippen molar-refractivity contribution < 1.29 is 17.9 Å². The number of nitrogens with zero attached hydrogens (tertiary/aromatic N) is 2. The Labute approximate surface area is 144 Å². The van der Waals surface area contributed by atoms with Gasteiger partial charge in [-0.25, -0.2) is 8.42 Å². The Balaban J connectivity index is 1.71. The highest BCUT2D eigenvalue weighted by Gasteiger charge is 2.43. The number of ether oxygens (including phenoxy) is 1. The number of carbonyl (C=O) groups excluding carboxylic acids is 1. The molecular formula is C15H19BrN2O4S. The van der Waals surface area contributed by atoms with Gasteiger partial charge in [-0.15, -0.1) is 0 Å². The van der Waals surface area contributed by atoms with Crippen LogP contribution in [0.2, 0.25) is 0 Å². The molecule has 0 aliphatic carbocycles. The fourth-order valence-electron chi connectivity index (χ4n) is 3.08. The van der Waals surface area contributed by atoms with Crippen molar-refractivity contribution in [3.8, 4) is 0 Å². The normalized spacial score (nSPS) is 22.5. The van der Waals surface area contributed by atoms with Crippen LogP contribution in [-0.4, -0.2) is 62.4 Å². The maximum atomic E-state index is 12.7. The zero-order chi connectivity index (χ0) is 16.7. The summed E-state index contributed by atoms with van der Waals surface area (Å²) in [7, 11) is -1.72. The molecule has 0 atom stereocenters. The molecule has 6 nitrogen and oxygen atoms in total. The summed E-state index contributed by atoms with van der Waals surface area (Å²) in [5, 5.41) is 0. The first kappa shape index (κ1) is 16.9. The molecule has 0 unspecified atom stereocenters. The van der Waals surface area contributed by atoms with Gasteiger partial charge in [0.15, 0.2) is 0 Å². The molecule has 1 amide bonds. The number of rotatable bonds is 2. The zero-order valence-electron chi connectivity index (χ0n) is 12.9. The van der Waals surface area contributed by atoms with E-state index in [2.05, 4.69) is 15.9 Å². The Morgan fingerprint density at radius 3 is 2.35 bits per heavy atom. The average Bonchev–Trinajstić information content (AvgIpc) is 2.52.